The molecule has 0 saturated heterocycles. The maximum atomic E-state index is 5.81. The van der Waals surface area contributed by atoms with Crippen LogP contribution in [0.4, 0.5) is 0 Å². The van der Waals surface area contributed by atoms with Crippen molar-refractivity contribution in [1.82, 2.24) is 9.55 Å². The Hall–Kier alpha value is -2.29. The van der Waals surface area contributed by atoms with Gasteiger partial charge in [-0.05, 0) is 48.4 Å². The van der Waals surface area contributed by atoms with Crippen molar-refractivity contribution in [2.24, 2.45) is 11.1 Å². The molecule has 1 aliphatic rings. The van der Waals surface area contributed by atoms with E-state index in [0.29, 0.717) is 5.70 Å². The zero-order valence-electron chi connectivity index (χ0n) is 14.3. The molecule has 2 N–H and O–H groups in total. The van der Waals surface area contributed by atoms with Gasteiger partial charge in [-0.25, -0.2) is 4.98 Å². The molecule has 3 heteroatoms. The van der Waals surface area contributed by atoms with E-state index in [1.165, 1.54) is 5.57 Å². The van der Waals surface area contributed by atoms with E-state index < -0.39 is 0 Å². The molecule has 1 aliphatic carbocycles. The van der Waals surface area contributed by atoms with Crippen LogP contribution in [0.3, 0.4) is 0 Å². The minimum atomic E-state index is 0.239. The summed E-state index contributed by atoms with van der Waals surface area (Å²) in [6, 6.07) is 6.15. The van der Waals surface area contributed by atoms with Crippen molar-refractivity contribution in [3.63, 3.8) is 0 Å². The second kappa shape index (κ2) is 5.73. The maximum absolute atomic E-state index is 5.81. The number of benzene rings is 1. The number of allylic oxidation sites excluding steroid dienone is 4. The van der Waals surface area contributed by atoms with Gasteiger partial charge in [0.25, 0.3) is 0 Å². The van der Waals surface area contributed by atoms with Crippen LogP contribution in [-0.2, 0) is 6.54 Å². The molecule has 1 aromatic carbocycles. The van der Waals surface area contributed by atoms with Crippen LogP contribution in [0, 0.1) is 12.3 Å². The highest BCUT2D eigenvalue weighted by Crippen LogP contribution is 2.39. The molecule has 1 unspecified atom stereocenters. The Morgan fingerprint density at radius 2 is 2.22 bits per heavy atom. The summed E-state index contributed by atoms with van der Waals surface area (Å²) >= 11 is 0. The summed E-state index contributed by atoms with van der Waals surface area (Å²) in [5.74, 6) is 1.04. The van der Waals surface area contributed by atoms with Crippen molar-refractivity contribution in [3.05, 3.63) is 60.0 Å². The van der Waals surface area contributed by atoms with Crippen LogP contribution in [-0.4, -0.2) is 9.55 Å². The van der Waals surface area contributed by atoms with Gasteiger partial charge in [0.05, 0.1) is 11.0 Å². The number of rotatable bonds is 4. The van der Waals surface area contributed by atoms with Gasteiger partial charge in [-0.15, -0.1) is 0 Å². The average molecular weight is 307 g/mol. The molecule has 0 aliphatic heterocycles. The van der Waals surface area contributed by atoms with Crippen LogP contribution in [0.1, 0.15) is 38.1 Å². The molecular formula is C20H25N3. The minimum absolute atomic E-state index is 0.239. The lowest BCUT2D eigenvalue weighted by Gasteiger charge is -2.33. The molecule has 23 heavy (non-hydrogen) atoms. The number of imidazole rings is 1. The predicted molar refractivity (Wildman–Crippen MR) is 97.9 cm³/mol. The molecule has 0 amide bonds. The number of nitrogens with zero attached hydrogens (tertiary/aromatic N) is 2. The Labute approximate surface area is 138 Å². The topological polar surface area (TPSA) is 43.8 Å². The van der Waals surface area contributed by atoms with E-state index in [1.807, 2.05) is 12.1 Å². The van der Waals surface area contributed by atoms with E-state index in [9.17, 15) is 0 Å². The number of hydrogen-bond acceptors (Lipinski definition) is 2. The van der Waals surface area contributed by atoms with Crippen molar-refractivity contribution < 1.29 is 0 Å². The monoisotopic (exact) mass is 307 g/mol. The average Bonchev–Trinajstić information content (AvgIpc) is 2.84. The summed E-state index contributed by atoms with van der Waals surface area (Å²) in [6.45, 7) is 11.4. The molecule has 0 radical (unpaired) electrons. The highest BCUT2D eigenvalue weighted by Gasteiger charge is 2.28. The molecule has 3 rings (SSSR count). The van der Waals surface area contributed by atoms with Gasteiger partial charge >= 0.3 is 0 Å². The molecule has 0 fully saturated rings. The Balaban J connectivity index is 2.03. The van der Waals surface area contributed by atoms with Gasteiger partial charge in [0, 0.05) is 12.2 Å². The summed E-state index contributed by atoms with van der Waals surface area (Å²) in [5, 5.41) is 0. The zero-order chi connectivity index (χ0) is 16.6. The Bertz CT molecular complexity index is 823. The summed E-state index contributed by atoms with van der Waals surface area (Å²) in [6.07, 6.45) is 8.97. The van der Waals surface area contributed by atoms with Gasteiger partial charge in [0.2, 0.25) is 0 Å². The first kappa shape index (κ1) is 15.6. The molecule has 120 valence electrons. The fourth-order valence-corrected chi connectivity index (χ4v) is 3.28. The van der Waals surface area contributed by atoms with E-state index >= 15 is 0 Å². The Kier molecular flexibility index (Phi) is 3.88. The predicted octanol–water partition coefficient (Wildman–Crippen LogP) is 4.58. The zero-order valence-corrected chi connectivity index (χ0v) is 14.3. The van der Waals surface area contributed by atoms with Crippen LogP contribution < -0.4 is 5.73 Å². The SMILES string of the molecule is C=C(N)c1ccc2c(c1)nc(C)n2CC1=CC=CCC1(C)CC. The fourth-order valence-electron chi connectivity index (χ4n) is 3.28. The smallest absolute Gasteiger partial charge is 0.107 e. The first-order valence-corrected chi connectivity index (χ1v) is 8.22. The first-order valence-electron chi connectivity index (χ1n) is 8.22. The summed E-state index contributed by atoms with van der Waals surface area (Å²) < 4.78 is 2.30. The molecule has 0 bridgehead atoms. The summed E-state index contributed by atoms with van der Waals surface area (Å²) in [4.78, 5) is 4.72. The number of fused-ring (bicyclic) bond motifs is 1. The molecule has 1 heterocycles. The lowest BCUT2D eigenvalue weighted by atomic mass is 9.74. The summed E-state index contributed by atoms with van der Waals surface area (Å²) in [5.41, 5.74) is 11.2. The van der Waals surface area contributed by atoms with Crippen LogP contribution in [0.2, 0.25) is 0 Å². The minimum Gasteiger partial charge on any atom is -0.399 e. The number of aromatic nitrogens is 2. The lowest BCUT2D eigenvalue weighted by Crippen LogP contribution is -2.23. The molecule has 2 aromatic rings. The van der Waals surface area contributed by atoms with Crippen molar-refractivity contribution in [3.8, 4) is 0 Å². The quantitative estimate of drug-likeness (QED) is 0.898. The summed E-state index contributed by atoms with van der Waals surface area (Å²) in [7, 11) is 0. The van der Waals surface area contributed by atoms with Gasteiger partial charge in [-0.1, -0.05) is 44.7 Å². The van der Waals surface area contributed by atoms with Gasteiger partial charge in [0.15, 0.2) is 0 Å². The number of nitrogens with two attached hydrogens (primary N) is 1. The molecule has 1 aromatic heterocycles. The normalized spacial score (nSPS) is 20.7. The highest BCUT2D eigenvalue weighted by atomic mass is 15.1. The van der Waals surface area contributed by atoms with E-state index in [1.54, 1.807) is 0 Å². The first-order chi connectivity index (χ1) is 10.9. The fraction of sp³-hybridized carbons (Fsp3) is 0.350. The van der Waals surface area contributed by atoms with Crippen LogP contribution in [0.15, 0.2) is 48.6 Å². The third kappa shape index (κ3) is 2.72. The standard InChI is InChI=1S/C20H25N3/c1-5-20(4)11-7-6-8-17(20)13-23-15(3)22-18-12-16(14(2)21)9-10-19(18)23/h6-10,12H,2,5,11,13,21H2,1,3-4H3. The molecule has 3 nitrogen and oxygen atoms in total. The Morgan fingerprint density at radius 3 is 2.91 bits per heavy atom. The van der Waals surface area contributed by atoms with Crippen molar-refractivity contribution >= 4 is 16.7 Å². The van der Waals surface area contributed by atoms with Crippen LogP contribution in [0.25, 0.3) is 16.7 Å². The maximum Gasteiger partial charge on any atom is 0.107 e. The van der Waals surface area contributed by atoms with Crippen molar-refractivity contribution in [2.45, 2.75) is 40.2 Å². The van der Waals surface area contributed by atoms with Gasteiger partial charge in [-0.3, -0.25) is 0 Å². The van der Waals surface area contributed by atoms with E-state index in [2.05, 4.69) is 56.2 Å². The molecular weight excluding hydrogens is 282 g/mol. The highest BCUT2D eigenvalue weighted by molar-refractivity contribution is 5.80. The van der Waals surface area contributed by atoms with Gasteiger partial charge in [0.1, 0.15) is 5.82 Å². The van der Waals surface area contributed by atoms with Crippen LogP contribution in [0.5, 0.6) is 0 Å². The number of aryl methyl sites for hydroxylation is 1. The second-order valence-corrected chi connectivity index (χ2v) is 6.71. The molecule has 1 atom stereocenters. The lowest BCUT2D eigenvalue weighted by molar-refractivity contribution is 0.363. The second-order valence-electron chi connectivity index (χ2n) is 6.71. The van der Waals surface area contributed by atoms with Crippen molar-refractivity contribution in [2.75, 3.05) is 0 Å². The van der Waals surface area contributed by atoms with E-state index in [-0.39, 0.29) is 5.41 Å². The van der Waals surface area contributed by atoms with Gasteiger partial charge < -0.3 is 10.3 Å². The van der Waals surface area contributed by atoms with Gasteiger partial charge in [-0.2, -0.15) is 0 Å². The third-order valence-electron chi connectivity index (χ3n) is 5.20. The van der Waals surface area contributed by atoms with Crippen molar-refractivity contribution in [1.29, 1.82) is 0 Å². The van der Waals surface area contributed by atoms with Crippen LogP contribution >= 0.6 is 0 Å². The largest absolute Gasteiger partial charge is 0.399 e. The third-order valence-corrected chi connectivity index (χ3v) is 5.20. The molecule has 0 spiro atoms. The molecule has 0 saturated carbocycles. The number of hydrogen-bond donors (Lipinski definition) is 1. The Morgan fingerprint density at radius 1 is 1.43 bits per heavy atom. The van der Waals surface area contributed by atoms with E-state index in [0.717, 1.165) is 41.8 Å². The van der Waals surface area contributed by atoms with E-state index in [4.69, 9.17) is 10.7 Å².